The lowest BCUT2D eigenvalue weighted by molar-refractivity contribution is -0.125. The Hall–Kier alpha value is -4.89. The number of anilines is 1. The van der Waals surface area contributed by atoms with Gasteiger partial charge >= 0.3 is 5.97 Å². The van der Waals surface area contributed by atoms with Gasteiger partial charge in [0.2, 0.25) is 15.9 Å². The fraction of sp³-hybridized carbons (Fsp3) is 0.314. The van der Waals surface area contributed by atoms with Crippen molar-refractivity contribution in [2.45, 2.75) is 68.5 Å². The number of rotatable bonds is 11. The zero-order valence-corrected chi connectivity index (χ0v) is 27.4. The molecule has 0 bridgehead atoms. The summed E-state index contributed by atoms with van der Waals surface area (Å²) in [4.78, 5) is 34.7. The first-order valence-corrected chi connectivity index (χ1v) is 17.4. The van der Waals surface area contributed by atoms with Gasteiger partial charge in [0.1, 0.15) is 24.0 Å². The molecule has 1 amide bonds. The van der Waals surface area contributed by atoms with Crippen LogP contribution in [0.25, 0.3) is 0 Å². The van der Waals surface area contributed by atoms with E-state index in [0.29, 0.717) is 10.00 Å². The highest BCUT2D eigenvalue weighted by atomic mass is 32.2. The number of ether oxygens (including phenoxy) is 1. The van der Waals surface area contributed by atoms with Crippen LogP contribution in [-0.2, 0) is 28.0 Å². The van der Waals surface area contributed by atoms with E-state index < -0.39 is 56.1 Å². The molecule has 10 nitrogen and oxygen atoms in total. The van der Waals surface area contributed by atoms with E-state index in [1.165, 1.54) is 24.4 Å². The number of sulfonamides is 1. The number of halogens is 4. The molecule has 1 saturated heterocycles. The first kappa shape index (κ1) is 35.0. The molecule has 2 heterocycles. The molecule has 1 N–H and O–H groups in total. The molecule has 0 radical (unpaired) electrons. The topological polar surface area (TPSA) is 130 Å². The molecule has 15 heteroatoms. The Morgan fingerprint density at radius 3 is 2.20 bits per heavy atom. The van der Waals surface area contributed by atoms with E-state index in [-0.39, 0.29) is 55.1 Å². The maximum absolute atomic E-state index is 14.6. The normalized spacial score (nSPS) is 16.8. The van der Waals surface area contributed by atoms with Gasteiger partial charge in [-0.1, -0.05) is 49.6 Å². The highest BCUT2D eigenvalue weighted by molar-refractivity contribution is 7.89. The minimum atomic E-state index is -5.25. The number of benzene rings is 3. The van der Waals surface area contributed by atoms with Gasteiger partial charge in [-0.25, -0.2) is 30.8 Å². The molecular weight excluding hydrogens is 680 g/mol. The van der Waals surface area contributed by atoms with Gasteiger partial charge in [-0.15, -0.1) is 0 Å². The first-order chi connectivity index (χ1) is 24.0. The van der Waals surface area contributed by atoms with Crippen LogP contribution in [0.2, 0.25) is 0 Å². The summed E-state index contributed by atoms with van der Waals surface area (Å²) in [6, 6.07) is 11.1. The Bertz CT molecular complexity index is 1990. The summed E-state index contributed by atoms with van der Waals surface area (Å²) >= 11 is 0. The maximum atomic E-state index is 14.6. The fourth-order valence-corrected chi connectivity index (χ4v) is 7.96. The Kier molecular flexibility index (Phi) is 10.2. The summed E-state index contributed by atoms with van der Waals surface area (Å²) in [5.41, 5.74) is 1.74. The molecule has 0 unspecified atom stereocenters. The monoisotopic (exact) mass is 712 g/mol. The van der Waals surface area contributed by atoms with Crippen LogP contribution in [0.15, 0.2) is 71.9 Å². The molecular formula is C35H32F4N4O6S. The van der Waals surface area contributed by atoms with E-state index in [0.717, 1.165) is 48.3 Å². The zero-order chi connectivity index (χ0) is 35.6. The van der Waals surface area contributed by atoms with E-state index >= 15 is 0 Å². The summed E-state index contributed by atoms with van der Waals surface area (Å²) in [5, 5.41) is 9.86. The SMILES string of the molecule is O=C(O)c1ccc(N(Cc2cnc(C3CCCCC3)cn2)C(=O)[C@H]2CCN2S(=O)(=O)c2c(F)c(F)cc(F)c2F)cc1OCc1ccccc1. The van der Waals surface area contributed by atoms with Gasteiger partial charge in [0.05, 0.1) is 24.1 Å². The molecule has 262 valence electrons. The maximum Gasteiger partial charge on any atom is 0.339 e. The molecule has 2 fully saturated rings. The van der Waals surface area contributed by atoms with E-state index in [1.807, 2.05) is 0 Å². The molecule has 3 aromatic carbocycles. The number of carbonyl (C=O) groups excluding carboxylic acids is 1. The third-order valence-electron chi connectivity index (χ3n) is 8.97. The van der Waals surface area contributed by atoms with Crippen molar-refractivity contribution in [3.05, 3.63) is 113 Å². The van der Waals surface area contributed by atoms with Gasteiger partial charge in [0.25, 0.3) is 0 Å². The number of carbonyl (C=O) groups is 2. The predicted molar refractivity (Wildman–Crippen MR) is 172 cm³/mol. The second-order valence-corrected chi connectivity index (χ2v) is 14.0. The van der Waals surface area contributed by atoms with Gasteiger partial charge in [-0.3, -0.25) is 14.8 Å². The van der Waals surface area contributed by atoms with E-state index in [1.54, 1.807) is 36.5 Å². The summed E-state index contributed by atoms with van der Waals surface area (Å²) in [5.74, 6) is -10.1. The van der Waals surface area contributed by atoms with Crippen LogP contribution >= 0.6 is 0 Å². The summed E-state index contributed by atoms with van der Waals surface area (Å²) in [7, 11) is -5.25. The number of hydrogen-bond donors (Lipinski definition) is 1. The number of amides is 1. The lowest BCUT2D eigenvalue weighted by Crippen LogP contribution is -2.59. The van der Waals surface area contributed by atoms with Crippen LogP contribution in [0.4, 0.5) is 23.2 Å². The van der Waals surface area contributed by atoms with Crippen molar-refractivity contribution in [1.29, 1.82) is 0 Å². The summed E-state index contributed by atoms with van der Waals surface area (Å²) < 4.78 is 90.5. The average Bonchev–Trinajstić information content (AvgIpc) is 3.09. The predicted octanol–water partition coefficient (Wildman–Crippen LogP) is 6.35. The number of hydrogen-bond acceptors (Lipinski definition) is 7. The number of carboxylic acids is 1. The van der Waals surface area contributed by atoms with Gasteiger partial charge in [0.15, 0.2) is 28.2 Å². The van der Waals surface area contributed by atoms with Crippen molar-refractivity contribution in [2.24, 2.45) is 0 Å². The second kappa shape index (κ2) is 14.5. The number of nitrogens with zero attached hydrogens (tertiary/aromatic N) is 4. The van der Waals surface area contributed by atoms with Crippen LogP contribution in [0.5, 0.6) is 5.75 Å². The van der Waals surface area contributed by atoms with Crippen LogP contribution < -0.4 is 9.64 Å². The standard InChI is InChI=1S/C35H32F4N4O6S/c36-26-16-27(37)32(39)33(31(26)38)50(47,48)43-14-13-29(43)34(44)42(19-23-17-41-28(18-40-23)22-9-5-2-6-10-22)24-11-12-25(35(45)46)30(15-24)49-20-21-7-3-1-4-8-21/h1,3-4,7-8,11-12,15-18,22,29H,2,5-6,9-10,13-14,19-20H2,(H,45,46)/t29-/m1/s1. The van der Waals surface area contributed by atoms with Crippen molar-refractivity contribution in [1.82, 2.24) is 14.3 Å². The minimum absolute atomic E-state index is 0.0113. The summed E-state index contributed by atoms with van der Waals surface area (Å²) in [6.07, 6.45) is 8.29. The molecule has 50 heavy (non-hydrogen) atoms. The Balaban J connectivity index is 1.35. The van der Waals surface area contributed by atoms with Crippen LogP contribution in [0, 0.1) is 23.3 Å². The highest BCUT2D eigenvalue weighted by Gasteiger charge is 2.47. The molecule has 1 aromatic heterocycles. The van der Waals surface area contributed by atoms with Crippen molar-refractivity contribution < 1.29 is 45.4 Å². The van der Waals surface area contributed by atoms with Gasteiger partial charge < -0.3 is 14.7 Å². The largest absolute Gasteiger partial charge is 0.488 e. The molecule has 6 rings (SSSR count). The van der Waals surface area contributed by atoms with Crippen molar-refractivity contribution in [3.63, 3.8) is 0 Å². The minimum Gasteiger partial charge on any atom is -0.488 e. The average molecular weight is 713 g/mol. The van der Waals surface area contributed by atoms with Gasteiger partial charge in [-0.2, -0.15) is 4.31 Å². The smallest absolute Gasteiger partial charge is 0.339 e. The zero-order valence-electron chi connectivity index (χ0n) is 26.6. The van der Waals surface area contributed by atoms with Gasteiger partial charge in [-0.05, 0) is 37.0 Å². The lowest BCUT2D eigenvalue weighted by Gasteiger charge is -2.41. The third-order valence-corrected chi connectivity index (χ3v) is 10.9. The van der Waals surface area contributed by atoms with Crippen LogP contribution in [0.1, 0.15) is 71.8 Å². The molecule has 0 spiro atoms. The van der Waals surface area contributed by atoms with Crippen LogP contribution in [0.3, 0.4) is 0 Å². The Morgan fingerprint density at radius 1 is 0.900 bits per heavy atom. The van der Waals surface area contributed by atoms with E-state index in [2.05, 4.69) is 9.97 Å². The molecule has 1 atom stereocenters. The van der Waals surface area contributed by atoms with Crippen molar-refractivity contribution >= 4 is 27.6 Å². The van der Waals surface area contributed by atoms with E-state index in [9.17, 15) is 40.7 Å². The number of aromatic nitrogens is 2. The lowest BCUT2D eigenvalue weighted by atomic mass is 9.87. The van der Waals surface area contributed by atoms with E-state index in [4.69, 9.17) is 4.74 Å². The molecule has 1 aliphatic heterocycles. The quantitative estimate of drug-likeness (QED) is 0.141. The summed E-state index contributed by atoms with van der Waals surface area (Å²) in [6.45, 7) is -0.644. The van der Waals surface area contributed by atoms with Crippen molar-refractivity contribution in [2.75, 3.05) is 11.4 Å². The van der Waals surface area contributed by atoms with Crippen LogP contribution in [-0.4, -0.2) is 52.3 Å². The Morgan fingerprint density at radius 2 is 1.60 bits per heavy atom. The second-order valence-electron chi connectivity index (χ2n) is 12.2. The molecule has 4 aromatic rings. The molecule has 2 aliphatic rings. The Labute approximate surface area is 285 Å². The molecule has 1 aliphatic carbocycles. The fourth-order valence-electron chi connectivity index (χ4n) is 6.20. The number of aromatic carboxylic acids is 1. The number of carboxylic acid groups (broad SMARTS) is 1. The molecule has 1 saturated carbocycles. The van der Waals surface area contributed by atoms with Gasteiger partial charge in [0, 0.05) is 36.5 Å². The van der Waals surface area contributed by atoms with Crippen molar-refractivity contribution in [3.8, 4) is 5.75 Å². The highest BCUT2D eigenvalue weighted by Crippen LogP contribution is 2.36. The first-order valence-electron chi connectivity index (χ1n) is 16.0. The third kappa shape index (κ3) is 7.05.